The molecule has 0 radical (unpaired) electrons. The summed E-state index contributed by atoms with van der Waals surface area (Å²) in [6.07, 6.45) is 0.838. The van der Waals surface area contributed by atoms with Crippen molar-refractivity contribution in [1.29, 1.82) is 0 Å². The number of hydrogen-bond donors (Lipinski definition) is 0. The van der Waals surface area contributed by atoms with E-state index in [9.17, 15) is 9.59 Å². The standard InChI is InChI=1S/C19H26N2O4/c1-14(2)21-12-19(13-25-10-17(21)22)8-9-20(11-19)18(23)15-6-4-5-7-16(15)24-3/h4-7,14H,8-13H2,1-3H3. The van der Waals surface area contributed by atoms with Crippen molar-refractivity contribution in [2.45, 2.75) is 26.3 Å². The van der Waals surface area contributed by atoms with Gasteiger partial charge in [-0.3, -0.25) is 9.59 Å². The Bertz CT molecular complexity index is 661. The Morgan fingerprint density at radius 3 is 2.76 bits per heavy atom. The molecule has 2 saturated heterocycles. The molecule has 136 valence electrons. The largest absolute Gasteiger partial charge is 0.496 e. The van der Waals surface area contributed by atoms with Gasteiger partial charge >= 0.3 is 0 Å². The summed E-state index contributed by atoms with van der Waals surface area (Å²) in [6.45, 7) is 6.57. The van der Waals surface area contributed by atoms with Gasteiger partial charge in [0.1, 0.15) is 12.4 Å². The Hall–Kier alpha value is -2.08. The van der Waals surface area contributed by atoms with E-state index in [4.69, 9.17) is 9.47 Å². The highest BCUT2D eigenvalue weighted by Crippen LogP contribution is 2.35. The van der Waals surface area contributed by atoms with Gasteiger partial charge in [-0.25, -0.2) is 0 Å². The van der Waals surface area contributed by atoms with Gasteiger partial charge in [-0.2, -0.15) is 0 Å². The molecule has 2 fully saturated rings. The minimum absolute atomic E-state index is 0.0269. The minimum atomic E-state index is -0.186. The third-order valence-corrected chi connectivity index (χ3v) is 5.15. The summed E-state index contributed by atoms with van der Waals surface area (Å²) < 4.78 is 11.0. The SMILES string of the molecule is COc1ccccc1C(=O)N1CCC2(COCC(=O)N(C(C)C)C2)C1. The first-order valence-corrected chi connectivity index (χ1v) is 8.75. The van der Waals surface area contributed by atoms with Crippen LogP contribution >= 0.6 is 0 Å². The van der Waals surface area contributed by atoms with Gasteiger partial charge in [-0.05, 0) is 32.4 Å². The summed E-state index contributed by atoms with van der Waals surface area (Å²) in [5, 5.41) is 0. The molecule has 1 aromatic rings. The number of rotatable bonds is 3. The average molecular weight is 346 g/mol. The van der Waals surface area contributed by atoms with Crippen LogP contribution in [0.5, 0.6) is 5.75 Å². The smallest absolute Gasteiger partial charge is 0.257 e. The fourth-order valence-corrected chi connectivity index (χ4v) is 3.75. The lowest BCUT2D eigenvalue weighted by Gasteiger charge is -2.34. The molecule has 2 aliphatic rings. The molecule has 1 spiro atoms. The predicted octanol–water partition coefficient (Wildman–Crippen LogP) is 1.79. The summed E-state index contributed by atoms with van der Waals surface area (Å²) in [6, 6.07) is 7.42. The van der Waals surface area contributed by atoms with E-state index in [0.29, 0.717) is 37.6 Å². The van der Waals surface area contributed by atoms with Crippen LogP contribution in [0.1, 0.15) is 30.6 Å². The van der Waals surface area contributed by atoms with E-state index in [1.54, 1.807) is 19.2 Å². The summed E-state index contributed by atoms with van der Waals surface area (Å²) in [5.41, 5.74) is 0.391. The van der Waals surface area contributed by atoms with Crippen LogP contribution in [0, 0.1) is 5.41 Å². The highest BCUT2D eigenvalue weighted by atomic mass is 16.5. The number of para-hydroxylation sites is 1. The Morgan fingerprint density at radius 2 is 2.04 bits per heavy atom. The second kappa shape index (κ2) is 7.04. The average Bonchev–Trinajstić information content (AvgIpc) is 2.95. The van der Waals surface area contributed by atoms with Crippen LogP contribution in [0.3, 0.4) is 0 Å². The first-order chi connectivity index (χ1) is 12.0. The van der Waals surface area contributed by atoms with Crippen LogP contribution in [0.4, 0.5) is 0 Å². The van der Waals surface area contributed by atoms with Gasteiger partial charge in [0.05, 0.1) is 19.3 Å². The lowest BCUT2D eigenvalue weighted by atomic mass is 9.87. The molecule has 2 heterocycles. The van der Waals surface area contributed by atoms with Crippen molar-refractivity contribution in [3.63, 3.8) is 0 Å². The molecule has 2 amide bonds. The lowest BCUT2D eigenvalue weighted by Crippen LogP contribution is -2.46. The Balaban J connectivity index is 1.78. The monoisotopic (exact) mass is 346 g/mol. The number of nitrogens with zero attached hydrogens (tertiary/aromatic N) is 2. The second-order valence-electron chi connectivity index (χ2n) is 7.29. The van der Waals surface area contributed by atoms with Crippen LogP contribution < -0.4 is 4.74 Å². The number of carbonyl (C=O) groups excluding carboxylic acids is 2. The zero-order valence-electron chi connectivity index (χ0n) is 15.2. The van der Waals surface area contributed by atoms with Crippen molar-refractivity contribution in [1.82, 2.24) is 9.80 Å². The van der Waals surface area contributed by atoms with Gasteiger partial charge in [-0.1, -0.05) is 12.1 Å². The topological polar surface area (TPSA) is 59.1 Å². The molecule has 1 aromatic carbocycles. The Labute approximate surface area is 148 Å². The van der Waals surface area contributed by atoms with Crippen LogP contribution in [-0.4, -0.2) is 67.6 Å². The fourth-order valence-electron chi connectivity index (χ4n) is 3.75. The van der Waals surface area contributed by atoms with E-state index in [-0.39, 0.29) is 29.9 Å². The molecule has 6 nitrogen and oxygen atoms in total. The van der Waals surface area contributed by atoms with E-state index in [1.807, 2.05) is 35.8 Å². The number of amides is 2. The van der Waals surface area contributed by atoms with Crippen molar-refractivity contribution in [3.8, 4) is 5.75 Å². The third kappa shape index (κ3) is 3.49. The molecule has 0 aliphatic carbocycles. The predicted molar refractivity (Wildman–Crippen MR) is 93.6 cm³/mol. The Kier molecular flexibility index (Phi) is 4.99. The fraction of sp³-hybridized carbons (Fsp3) is 0.579. The maximum absolute atomic E-state index is 12.9. The number of carbonyl (C=O) groups is 2. The van der Waals surface area contributed by atoms with Crippen molar-refractivity contribution < 1.29 is 19.1 Å². The molecular formula is C19H26N2O4. The maximum atomic E-state index is 12.9. The lowest BCUT2D eigenvalue weighted by molar-refractivity contribution is -0.135. The van der Waals surface area contributed by atoms with Crippen LogP contribution in [0.2, 0.25) is 0 Å². The summed E-state index contributed by atoms with van der Waals surface area (Å²) in [4.78, 5) is 28.9. The number of benzene rings is 1. The van der Waals surface area contributed by atoms with Crippen molar-refractivity contribution in [3.05, 3.63) is 29.8 Å². The van der Waals surface area contributed by atoms with Crippen LogP contribution in [-0.2, 0) is 9.53 Å². The highest BCUT2D eigenvalue weighted by molar-refractivity contribution is 5.97. The summed E-state index contributed by atoms with van der Waals surface area (Å²) in [5.74, 6) is 0.590. The third-order valence-electron chi connectivity index (χ3n) is 5.15. The van der Waals surface area contributed by atoms with Crippen molar-refractivity contribution in [2.24, 2.45) is 5.41 Å². The molecule has 0 bridgehead atoms. The molecule has 3 rings (SSSR count). The highest BCUT2D eigenvalue weighted by Gasteiger charge is 2.44. The van der Waals surface area contributed by atoms with Crippen LogP contribution in [0.15, 0.2) is 24.3 Å². The van der Waals surface area contributed by atoms with Gasteiger partial charge in [0, 0.05) is 31.1 Å². The van der Waals surface area contributed by atoms with Gasteiger partial charge in [0.25, 0.3) is 5.91 Å². The molecule has 1 unspecified atom stereocenters. The van der Waals surface area contributed by atoms with Gasteiger partial charge < -0.3 is 19.3 Å². The maximum Gasteiger partial charge on any atom is 0.257 e. The molecular weight excluding hydrogens is 320 g/mol. The normalized spacial score (nSPS) is 24.1. The Morgan fingerprint density at radius 1 is 1.28 bits per heavy atom. The number of hydrogen-bond acceptors (Lipinski definition) is 4. The first kappa shape index (κ1) is 17.7. The molecule has 0 saturated carbocycles. The minimum Gasteiger partial charge on any atom is -0.496 e. The molecule has 25 heavy (non-hydrogen) atoms. The zero-order valence-corrected chi connectivity index (χ0v) is 15.2. The number of ether oxygens (including phenoxy) is 2. The van der Waals surface area contributed by atoms with Crippen molar-refractivity contribution in [2.75, 3.05) is 40.0 Å². The van der Waals surface area contributed by atoms with Gasteiger partial charge in [0.15, 0.2) is 0 Å². The number of likely N-dealkylation sites (tertiary alicyclic amines) is 1. The first-order valence-electron chi connectivity index (χ1n) is 8.75. The van der Waals surface area contributed by atoms with Gasteiger partial charge in [-0.15, -0.1) is 0 Å². The van der Waals surface area contributed by atoms with E-state index < -0.39 is 0 Å². The summed E-state index contributed by atoms with van der Waals surface area (Å²) >= 11 is 0. The second-order valence-corrected chi connectivity index (χ2v) is 7.29. The van der Waals surface area contributed by atoms with E-state index in [2.05, 4.69) is 0 Å². The van der Waals surface area contributed by atoms with E-state index in [0.717, 1.165) is 6.42 Å². The molecule has 0 aromatic heterocycles. The van der Waals surface area contributed by atoms with Crippen LogP contribution in [0.25, 0.3) is 0 Å². The number of methoxy groups -OCH3 is 1. The summed E-state index contributed by atoms with van der Waals surface area (Å²) in [7, 11) is 1.57. The molecule has 2 aliphatic heterocycles. The van der Waals surface area contributed by atoms with E-state index in [1.165, 1.54) is 0 Å². The molecule has 6 heteroatoms. The quantitative estimate of drug-likeness (QED) is 0.837. The molecule has 0 N–H and O–H groups in total. The zero-order chi connectivity index (χ0) is 18.0. The van der Waals surface area contributed by atoms with E-state index >= 15 is 0 Å². The van der Waals surface area contributed by atoms with Gasteiger partial charge in [0.2, 0.25) is 5.91 Å². The van der Waals surface area contributed by atoms with Crippen molar-refractivity contribution >= 4 is 11.8 Å². The molecule has 1 atom stereocenters.